The maximum Gasteiger partial charge on any atom is 0.573 e. The minimum atomic E-state index is -4.85. The average molecular weight is 367 g/mol. The van der Waals surface area contributed by atoms with E-state index in [0.29, 0.717) is 5.56 Å². The van der Waals surface area contributed by atoms with Gasteiger partial charge in [0.25, 0.3) is 11.8 Å². The molecule has 2 aromatic rings. The number of hydrogen-bond acceptors (Lipinski definition) is 5. The molecule has 0 unspecified atom stereocenters. The number of alkyl halides is 3. The molecule has 2 aromatic carbocycles. The standard InChI is InChI=1S/C16H12F3N3O4/c17-16(18,19)26-13-3-1-2-12(8-13)14(23)21-20-9-10-4-6-11(7-5-10)15(24)22-25/h1-9,25H,(H,21,23)(H,22,24)/b20-9+. The third-order valence-corrected chi connectivity index (χ3v) is 2.98. The van der Waals surface area contributed by atoms with Crippen LogP contribution in [0.5, 0.6) is 5.75 Å². The highest BCUT2D eigenvalue weighted by Crippen LogP contribution is 2.23. The van der Waals surface area contributed by atoms with Crippen molar-refractivity contribution in [2.24, 2.45) is 5.10 Å². The van der Waals surface area contributed by atoms with Gasteiger partial charge in [-0.15, -0.1) is 13.2 Å². The Labute approximate surface area is 145 Å². The van der Waals surface area contributed by atoms with Crippen molar-refractivity contribution >= 4 is 18.0 Å². The summed E-state index contributed by atoms with van der Waals surface area (Å²) in [5.41, 5.74) is 4.33. The van der Waals surface area contributed by atoms with Gasteiger partial charge in [0.15, 0.2) is 0 Å². The lowest BCUT2D eigenvalue weighted by molar-refractivity contribution is -0.274. The second-order valence-electron chi connectivity index (χ2n) is 4.84. The van der Waals surface area contributed by atoms with E-state index in [9.17, 15) is 22.8 Å². The maximum atomic E-state index is 12.2. The van der Waals surface area contributed by atoms with Gasteiger partial charge in [-0.25, -0.2) is 10.9 Å². The maximum absolute atomic E-state index is 12.2. The highest BCUT2D eigenvalue weighted by molar-refractivity contribution is 5.96. The predicted molar refractivity (Wildman–Crippen MR) is 83.9 cm³/mol. The molecule has 3 N–H and O–H groups in total. The Hall–Kier alpha value is -3.40. The van der Waals surface area contributed by atoms with Crippen LogP contribution in [0.25, 0.3) is 0 Å². The van der Waals surface area contributed by atoms with Crippen molar-refractivity contribution in [2.45, 2.75) is 6.36 Å². The molecule has 0 spiro atoms. The Bertz CT molecular complexity index is 820. The number of ether oxygens (including phenoxy) is 1. The van der Waals surface area contributed by atoms with Gasteiger partial charge in [-0.1, -0.05) is 18.2 Å². The number of nitrogens with zero attached hydrogens (tertiary/aromatic N) is 1. The Morgan fingerprint density at radius 2 is 1.73 bits per heavy atom. The summed E-state index contributed by atoms with van der Waals surface area (Å²) in [4.78, 5) is 23.1. The molecule has 2 rings (SSSR count). The summed E-state index contributed by atoms with van der Waals surface area (Å²) < 4.78 is 40.3. The van der Waals surface area contributed by atoms with Gasteiger partial charge in [-0.3, -0.25) is 14.8 Å². The van der Waals surface area contributed by atoms with Crippen LogP contribution in [0.2, 0.25) is 0 Å². The molecule has 7 nitrogen and oxygen atoms in total. The number of rotatable bonds is 5. The Morgan fingerprint density at radius 3 is 2.35 bits per heavy atom. The molecule has 0 radical (unpaired) electrons. The topological polar surface area (TPSA) is 100 Å². The van der Waals surface area contributed by atoms with Crippen molar-refractivity contribution in [3.05, 3.63) is 65.2 Å². The predicted octanol–water partition coefficient (Wildman–Crippen LogP) is 2.47. The molecule has 10 heteroatoms. The number of carbonyl (C=O) groups is 2. The quantitative estimate of drug-likeness (QED) is 0.429. The van der Waals surface area contributed by atoms with Crippen LogP contribution in [-0.2, 0) is 0 Å². The number of hydrazone groups is 1. The van der Waals surface area contributed by atoms with Crippen molar-refractivity contribution in [3.8, 4) is 5.75 Å². The number of hydrogen-bond donors (Lipinski definition) is 3. The molecule has 0 fully saturated rings. The van der Waals surface area contributed by atoms with Crippen LogP contribution in [0.15, 0.2) is 53.6 Å². The third-order valence-electron chi connectivity index (χ3n) is 2.98. The molecule has 136 valence electrons. The van der Waals surface area contributed by atoms with E-state index in [4.69, 9.17) is 5.21 Å². The van der Waals surface area contributed by atoms with Gasteiger partial charge in [0.1, 0.15) is 5.75 Å². The summed E-state index contributed by atoms with van der Waals surface area (Å²) in [7, 11) is 0. The number of hydroxylamine groups is 1. The molecule has 0 atom stereocenters. The largest absolute Gasteiger partial charge is 0.573 e. The lowest BCUT2D eigenvalue weighted by Gasteiger charge is -2.09. The highest BCUT2D eigenvalue weighted by atomic mass is 19.4. The first-order chi connectivity index (χ1) is 12.3. The highest BCUT2D eigenvalue weighted by Gasteiger charge is 2.31. The molecule has 0 heterocycles. The molecular formula is C16H12F3N3O4. The van der Waals surface area contributed by atoms with Crippen molar-refractivity contribution in [1.29, 1.82) is 0 Å². The summed E-state index contributed by atoms with van der Waals surface area (Å²) in [5.74, 6) is -1.93. The Kier molecular flexibility index (Phi) is 5.91. The third kappa shape index (κ3) is 5.60. The van der Waals surface area contributed by atoms with Gasteiger partial charge in [-0.05, 0) is 35.9 Å². The van der Waals surface area contributed by atoms with E-state index in [1.54, 1.807) is 0 Å². The zero-order valence-electron chi connectivity index (χ0n) is 12.9. The number of amides is 2. The Morgan fingerprint density at radius 1 is 1.04 bits per heavy atom. The lowest BCUT2D eigenvalue weighted by Crippen LogP contribution is -2.19. The molecule has 0 aliphatic rings. The van der Waals surface area contributed by atoms with Crippen molar-refractivity contribution in [1.82, 2.24) is 10.9 Å². The van der Waals surface area contributed by atoms with Crippen molar-refractivity contribution < 1.29 is 32.7 Å². The molecule has 0 aromatic heterocycles. The van der Waals surface area contributed by atoms with Crippen LogP contribution in [0.4, 0.5) is 13.2 Å². The first-order valence-corrected chi connectivity index (χ1v) is 7.02. The van der Waals surface area contributed by atoms with E-state index in [1.807, 2.05) is 0 Å². The van der Waals surface area contributed by atoms with E-state index in [-0.39, 0.29) is 11.1 Å². The molecular weight excluding hydrogens is 355 g/mol. The molecule has 0 aliphatic carbocycles. The first-order valence-electron chi connectivity index (χ1n) is 7.02. The minimum absolute atomic E-state index is 0.0705. The summed E-state index contributed by atoms with van der Waals surface area (Å²) in [5, 5.41) is 12.2. The van der Waals surface area contributed by atoms with Crippen LogP contribution in [0, 0.1) is 0 Å². The second kappa shape index (κ2) is 8.12. The summed E-state index contributed by atoms with van der Waals surface area (Å²) in [6.45, 7) is 0. The van der Waals surface area contributed by atoms with Crippen LogP contribution in [0.3, 0.4) is 0 Å². The first kappa shape index (κ1) is 18.9. The minimum Gasteiger partial charge on any atom is -0.406 e. The number of benzene rings is 2. The second-order valence-corrected chi connectivity index (χ2v) is 4.84. The van der Waals surface area contributed by atoms with Crippen LogP contribution >= 0.6 is 0 Å². The fourth-order valence-electron chi connectivity index (χ4n) is 1.85. The van der Waals surface area contributed by atoms with E-state index < -0.39 is 23.9 Å². The number of carbonyl (C=O) groups excluding carboxylic acids is 2. The summed E-state index contributed by atoms with van der Waals surface area (Å²) in [6, 6.07) is 10.4. The van der Waals surface area contributed by atoms with Crippen LogP contribution < -0.4 is 15.6 Å². The monoisotopic (exact) mass is 367 g/mol. The van der Waals surface area contributed by atoms with Gasteiger partial charge in [0, 0.05) is 11.1 Å². The zero-order chi connectivity index (χ0) is 19.2. The number of nitrogens with one attached hydrogen (secondary N) is 2. The van der Waals surface area contributed by atoms with E-state index >= 15 is 0 Å². The SMILES string of the molecule is O=C(NO)c1ccc(/C=N/NC(=O)c2cccc(OC(F)(F)F)c2)cc1. The van der Waals surface area contributed by atoms with E-state index in [1.165, 1.54) is 48.1 Å². The van der Waals surface area contributed by atoms with Gasteiger partial charge in [0.2, 0.25) is 0 Å². The van der Waals surface area contributed by atoms with Gasteiger partial charge in [-0.2, -0.15) is 5.10 Å². The summed E-state index contributed by atoms with van der Waals surface area (Å²) >= 11 is 0. The fraction of sp³-hybridized carbons (Fsp3) is 0.0625. The molecule has 0 saturated carbocycles. The van der Waals surface area contributed by atoms with Gasteiger partial charge >= 0.3 is 6.36 Å². The fourth-order valence-corrected chi connectivity index (χ4v) is 1.85. The normalized spacial score (nSPS) is 11.2. The molecule has 0 aliphatic heterocycles. The van der Waals surface area contributed by atoms with Crippen molar-refractivity contribution in [2.75, 3.05) is 0 Å². The Balaban J connectivity index is 1.99. The van der Waals surface area contributed by atoms with E-state index in [2.05, 4.69) is 15.3 Å². The van der Waals surface area contributed by atoms with Crippen LogP contribution in [0.1, 0.15) is 26.3 Å². The lowest BCUT2D eigenvalue weighted by atomic mass is 10.1. The zero-order valence-corrected chi connectivity index (χ0v) is 12.9. The summed E-state index contributed by atoms with van der Waals surface area (Å²) in [6.07, 6.45) is -3.58. The van der Waals surface area contributed by atoms with Gasteiger partial charge in [0.05, 0.1) is 6.21 Å². The van der Waals surface area contributed by atoms with Crippen molar-refractivity contribution in [3.63, 3.8) is 0 Å². The molecule has 0 saturated heterocycles. The van der Waals surface area contributed by atoms with Crippen LogP contribution in [-0.4, -0.2) is 29.6 Å². The molecule has 2 amide bonds. The number of halogens is 3. The molecule has 0 bridgehead atoms. The average Bonchev–Trinajstić information content (AvgIpc) is 2.60. The van der Waals surface area contributed by atoms with Gasteiger partial charge < -0.3 is 4.74 Å². The molecule has 26 heavy (non-hydrogen) atoms. The smallest absolute Gasteiger partial charge is 0.406 e. The van der Waals surface area contributed by atoms with E-state index in [0.717, 1.165) is 12.1 Å².